The van der Waals surface area contributed by atoms with Gasteiger partial charge < -0.3 is 10.6 Å². The van der Waals surface area contributed by atoms with Crippen molar-refractivity contribution in [2.75, 3.05) is 31.6 Å². The quantitative estimate of drug-likeness (QED) is 0.586. The van der Waals surface area contributed by atoms with E-state index in [0.717, 1.165) is 23.6 Å². The van der Waals surface area contributed by atoms with Gasteiger partial charge in [0.05, 0.1) is 12.3 Å². The summed E-state index contributed by atoms with van der Waals surface area (Å²) < 4.78 is 22.2. The molecule has 0 radical (unpaired) electrons. The first-order valence-electron chi connectivity index (χ1n) is 6.85. The number of guanidine groups is 1. The summed E-state index contributed by atoms with van der Waals surface area (Å²) >= 11 is 6.09. The first-order valence-corrected chi connectivity index (χ1v) is 9.29. The molecule has 0 unspecified atom stereocenters. The molecular formula is C14H22ClN3O2S. The molecule has 21 heavy (non-hydrogen) atoms. The fraction of sp³-hybridized carbons (Fsp3) is 0.500. The third kappa shape index (κ3) is 7.92. The van der Waals surface area contributed by atoms with Crippen LogP contribution in [0.2, 0.25) is 5.02 Å². The average Bonchev–Trinajstić information content (AvgIpc) is 2.39. The number of benzene rings is 1. The maximum absolute atomic E-state index is 11.1. The van der Waals surface area contributed by atoms with Crippen LogP contribution in [0, 0.1) is 0 Å². The molecule has 0 bridgehead atoms. The lowest BCUT2D eigenvalue weighted by Gasteiger charge is -2.11. The molecule has 0 amide bonds. The zero-order valence-corrected chi connectivity index (χ0v) is 14.0. The second-order valence-electron chi connectivity index (χ2n) is 4.66. The Kier molecular flexibility index (Phi) is 7.53. The molecule has 1 rings (SSSR count). The Morgan fingerprint density at radius 3 is 2.62 bits per heavy atom. The second kappa shape index (κ2) is 8.89. The molecule has 0 heterocycles. The van der Waals surface area contributed by atoms with E-state index in [1.54, 1.807) is 0 Å². The zero-order chi connectivity index (χ0) is 15.7. The van der Waals surface area contributed by atoms with E-state index < -0.39 is 9.84 Å². The number of aliphatic imine (C=N–C) groups is 1. The molecule has 0 aliphatic heterocycles. The fourth-order valence-electron chi connectivity index (χ4n) is 1.68. The van der Waals surface area contributed by atoms with Crippen molar-refractivity contribution in [1.29, 1.82) is 0 Å². The Bertz CT molecular complexity index is 573. The highest BCUT2D eigenvalue weighted by molar-refractivity contribution is 7.90. The highest BCUT2D eigenvalue weighted by Gasteiger charge is 2.03. The zero-order valence-electron chi connectivity index (χ0n) is 12.4. The first-order chi connectivity index (χ1) is 9.92. The van der Waals surface area contributed by atoms with Gasteiger partial charge in [0.15, 0.2) is 5.96 Å². The van der Waals surface area contributed by atoms with Crippen molar-refractivity contribution in [3.8, 4) is 0 Å². The topological polar surface area (TPSA) is 70.6 Å². The van der Waals surface area contributed by atoms with Gasteiger partial charge in [-0.25, -0.2) is 8.42 Å². The molecule has 0 aromatic heterocycles. The number of hydrogen-bond acceptors (Lipinski definition) is 3. The lowest BCUT2D eigenvalue weighted by Crippen LogP contribution is -2.38. The summed E-state index contributed by atoms with van der Waals surface area (Å²) in [5.41, 5.74) is 1.07. The number of nitrogens with one attached hydrogen (secondary N) is 2. The molecular weight excluding hydrogens is 310 g/mol. The van der Waals surface area contributed by atoms with Crippen LogP contribution < -0.4 is 10.6 Å². The summed E-state index contributed by atoms with van der Waals surface area (Å²) in [4.78, 5) is 4.23. The van der Waals surface area contributed by atoms with E-state index in [2.05, 4.69) is 15.6 Å². The predicted molar refractivity (Wildman–Crippen MR) is 88.8 cm³/mol. The lowest BCUT2D eigenvalue weighted by atomic mass is 10.1. The third-order valence-corrected chi connectivity index (χ3v) is 4.01. The lowest BCUT2D eigenvalue weighted by molar-refractivity contribution is 0.601. The van der Waals surface area contributed by atoms with Gasteiger partial charge in [-0.15, -0.1) is 0 Å². The van der Waals surface area contributed by atoms with Gasteiger partial charge in [-0.05, 0) is 25.0 Å². The van der Waals surface area contributed by atoms with Crippen molar-refractivity contribution in [3.63, 3.8) is 0 Å². The van der Waals surface area contributed by atoms with E-state index in [0.29, 0.717) is 12.5 Å². The maximum Gasteiger partial charge on any atom is 0.191 e. The normalized spacial score (nSPS) is 12.2. The van der Waals surface area contributed by atoms with Crippen molar-refractivity contribution in [3.05, 3.63) is 34.9 Å². The molecule has 0 atom stereocenters. The van der Waals surface area contributed by atoms with Crippen LogP contribution in [-0.2, 0) is 16.3 Å². The van der Waals surface area contributed by atoms with E-state index in [4.69, 9.17) is 11.6 Å². The minimum Gasteiger partial charge on any atom is -0.357 e. The van der Waals surface area contributed by atoms with Crippen molar-refractivity contribution >= 4 is 27.4 Å². The summed E-state index contributed by atoms with van der Waals surface area (Å²) in [5.74, 6) is 0.668. The van der Waals surface area contributed by atoms with Crippen LogP contribution in [0.3, 0.4) is 0 Å². The van der Waals surface area contributed by atoms with Crippen molar-refractivity contribution in [1.82, 2.24) is 10.6 Å². The van der Waals surface area contributed by atoms with Crippen LogP contribution in [0.5, 0.6) is 0 Å². The molecule has 0 saturated carbocycles. The van der Waals surface area contributed by atoms with Gasteiger partial charge >= 0.3 is 0 Å². The average molecular weight is 332 g/mol. The Hall–Kier alpha value is -1.27. The van der Waals surface area contributed by atoms with Gasteiger partial charge in [0.1, 0.15) is 9.84 Å². The molecule has 118 valence electrons. The van der Waals surface area contributed by atoms with Gasteiger partial charge in [0.25, 0.3) is 0 Å². The number of hydrogen-bond donors (Lipinski definition) is 2. The molecule has 0 aliphatic rings. The number of sulfone groups is 1. The standard InChI is InChI=1S/C14H22ClN3O2S/c1-3-16-14(18-10-11-21(2,19)20)17-9-8-12-6-4-5-7-13(12)15/h4-7H,3,8-11H2,1-2H3,(H2,16,17,18). The summed E-state index contributed by atoms with van der Waals surface area (Å²) in [6, 6.07) is 7.70. The Morgan fingerprint density at radius 1 is 1.29 bits per heavy atom. The molecule has 5 nitrogen and oxygen atoms in total. The Balaban J connectivity index is 2.47. The van der Waals surface area contributed by atoms with Crippen LogP contribution in [0.15, 0.2) is 29.3 Å². The molecule has 7 heteroatoms. The predicted octanol–water partition coefficient (Wildman–Crippen LogP) is 1.48. The van der Waals surface area contributed by atoms with Gasteiger partial charge in [0.2, 0.25) is 0 Å². The smallest absolute Gasteiger partial charge is 0.191 e. The first kappa shape index (κ1) is 17.8. The molecule has 2 N–H and O–H groups in total. The highest BCUT2D eigenvalue weighted by atomic mass is 35.5. The minimum absolute atomic E-state index is 0.0497. The molecule has 0 aliphatic carbocycles. The van der Waals surface area contributed by atoms with Crippen LogP contribution in [0.1, 0.15) is 12.5 Å². The second-order valence-corrected chi connectivity index (χ2v) is 7.33. The molecule has 0 fully saturated rings. The summed E-state index contributed by atoms with van der Waals surface area (Å²) in [5, 5.41) is 7.00. The van der Waals surface area contributed by atoms with E-state index in [-0.39, 0.29) is 12.3 Å². The largest absolute Gasteiger partial charge is 0.357 e. The Labute approximate surface area is 131 Å². The number of halogens is 1. The van der Waals surface area contributed by atoms with Gasteiger partial charge in [-0.2, -0.15) is 0 Å². The highest BCUT2D eigenvalue weighted by Crippen LogP contribution is 2.14. The van der Waals surface area contributed by atoms with Gasteiger partial charge in [-0.1, -0.05) is 29.8 Å². The molecule has 1 aromatic carbocycles. The van der Waals surface area contributed by atoms with E-state index in [1.165, 1.54) is 6.26 Å². The SMILES string of the molecule is CCNC(=NCCS(C)(=O)=O)NCCc1ccccc1Cl. The maximum atomic E-state index is 11.1. The summed E-state index contributed by atoms with van der Waals surface area (Å²) in [7, 11) is -2.98. The molecule has 1 aromatic rings. The van der Waals surface area contributed by atoms with E-state index in [9.17, 15) is 8.42 Å². The molecule has 0 saturated heterocycles. The van der Waals surface area contributed by atoms with Crippen molar-refractivity contribution in [2.45, 2.75) is 13.3 Å². The number of nitrogens with zero attached hydrogens (tertiary/aromatic N) is 1. The van der Waals surface area contributed by atoms with Crippen molar-refractivity contribution < 1.29 is 8.42 Å². The monoisotopic (exact) mass is 331 g/mol. The van der Waals surface area contributed by atoms with Crippen LogP contribution in [-0.4, -0.2) is 46.0 Å². The number of rotatable bonds is 7. The van der Waals surface area contributed by atoms with Gasteiger partial charge in [-0.3, -0.25) is 4.99 Å². The van der Waals surface area contributed by atoms with Crippen molar-refractivity contribution in [2.24, 2.45) is 4.99 Å². The van der Waals surface area contributed by atoms with Crippen LogP contribution >= 0.6 is 11.6 Å². The summed E-state index contributed by atoms with van der Waals surface area (Å²) in [6.45, 7) is 3.60. The Morgan fingerprint density at radius 2 is 2.00 bits per heavy atom. The van der Waals surface area contributed by atoms with Crippen LogP contribution in [0.25, 0.3) is 0 Å². The van der Waals surface area contributed by atoms with E-state index in [1.807, 2.05) is 31.2 Å². The van der Waals surface area contributed by atoms with Crippen LogP contribution in [0.4, 0.5) is 0 Å². The van der Waals surface area contributed by atoms with Gasteiger partial charge in [0, 0.05) is 24.4 Å². The fourth-order valence-corrected chi connectivity index (χ4v) is 2.33. The molecule has 0 spiro atoms. The van der Waals surface area contributed by atoms with E-state index >= 15 is 0 Å². The third-order valence-electron chi connectivity index (χ3n) is 2.72. The minimum atomic E-state index is -2.98. The summed E-state index contributed by atoms with van der Waals surface area (Å²) in [6.07, 6.45) is 1.98.